The first-order valence-electron chi connectivity index (χ1n) is 3.66. The molecule has 0 amide bonds. The van der Waals surface area contributed by atoms with Gasteiger partial charge in [-0.15, -0.1) is 0 Å². The van der Waals surface area contributed by atoms with Crippen molar-refractivity contribution >= 4 is 5.97 Å². The fourth-order valence-corrected chi connectivity index (χ4v) is 0.920. The zero-order valence-corrected chi connectivity index (χ0v) is 7.15. The summed E-state index contributed by atoms with van der Waals surface area (Å²) in [6.07, 6.45) is 0. The second-order valence-electron chi connectivity index (χ2n) is 2.37. The van der Waals surface area contributed by atoms with Crippen LogP contribution >= 0.6 is 0 Å². The first-order valence-corrected chi connectivity index (χ1v) is 3.66. The minimum atomic E-state index is -1.08. The summed E-state index contributed by atoms with van der Waals surface area (Å²) < 4.78 is 4.87. The van der Waals surface area contributed by atoms with E-state index >= 15 is 0 Å². The number of carboxylic acid groups (broad SMARTS) is 1. The third kappa shape index (κ3) is 1.94. The van der Waals surface area contributed by atoms with Gasteiger partial charge in [-0.1, -0.05) is 0 Å². The van der Waals surface area contributed by atoms with Crippen LogP contribution < -0.4 is 10.5 Å². The van der Waals surface area contributed by atoms with Gasteiger partial charge in [-0.05, 0) is 12.1 Å². The Hall–Kier alpha value is -1.62. The SMILES string of the molecule is COc1nc(C(=O)O)ccc1CN. The minimum Gasteiger partial charge on any atom is -0.481 e. The molecular weight excluding hydrogens is 172 g/mol. The summed E-state index contributed by atoms with van der Waals surface area (Å²) in [6, 6.07) is 2.99. The van der Waals surface area contributed by atoms with Crippen LogP contribution in [0.25, 0.3) is 0 Å². The molecule has 0 aliphatic heterocycles. The zero-order chi connectivity index (χ0) is 9.84. The normalized spacial score (nSPS) is 9.69. The van der Waals surface area contributed by atoms with Crippen LogP contribution in [0.1, 0.15) is 16.1 Å². The average Bonchev–Trinajstić information content (AvgIpc) is 2.16. The van der Waals surface area contributed by atoms with Gasteiger partial charge in [-0.2, -0.15) is 0 Å². The Morgan fingerprint density at radius 1 is 1.69 bits per heavy atom. The largest absolute Gasteiger partial charge is 0.481 e. The lowest BCUT2D eigenvalue weighted by Crippen LogP contribution is -2.06. The predicted octanol–water partition coefficient (Wildman–Crippen LogP) is 0.247. The molecule has 13 heavy (non-hydrogen) atoms. The molecule has 70 valence electrons. The molecule has 0 aromatic carbocycles. The summed E-state index contributed by atoms with van der Waals surface area (Å²) in [5.41, 5.74) is 6.03. The fourth-order valence-electron chi connectivity index (χ4n) is 0.920. The molecule has 3 N–H and O–H groups in total. The van der Waals surface area contributed by atoms with Crippen LogP contribution in [0.3, 0.4) is 0 Å². The lowest BCUT2D eigenvalue weighted by molar-refractivity contribution is 0.0689. The maximum absolute atomic E-state index is 10.5. The lowest BCUT2D eigenvalue weighted by atomic mass is 10.2. The van der Waals surface area contributed by atoms with Gasteiger partial charge in [0.25, 0.3) is 0 Å². The third-order valence-corrected chi connectivity index (χ3v) is 1.57. The maximum Gasteiger partial charge on any atom is 0.354 e. The van der Waals surface area contributed by atoms with Gasteiger partial charge in [-0.25, -0.2) is 9.78 Å². The molecule has 0 aliphatic carbocycles. The highest BCUT2D eigenvalue weighted by atomic mass is 16.5. The molecule has 0 atom stereocenters. The Morgan fingerprint density at radius 2 is 2.38 bits per heavy atom. The lowest BCUT2D eigenvalue weighted by Gasteiger charge is -2.05. The zero-order valence-electron chi connectivity index (χ0n) is 7.15. The van der Waals surface area contributed by atoms with Crippen molar-refractivity contribution in [1.29, 1.82) is 0 Å². The van der Waals surface area contributed by atoms with Gasteiger partial charge in [0.15, 0.2) is 5.69 Å². The van der Waals surface area contributed by atoms with E-state index in [0.29, 0.717) is 5.56 Å². The maximum atomic E-state index is 10.5. The summed E-state index contributed by atoms with van der Waals surface area (Å²) in [6.45, 7) is 0.274. The molecule has 1 rings (SSSR count). The van der Waals surface area contributed by atoms with Crippen molar-refractivity contribution < 1.29 is 14.6 Å². The van der Waals surface area contributed by atoms with E-state index in [-0.39, 0.29) is 18.1 Å². The molecule has 0 spiro atoms. The van der Waals surface area contributed by atoms with Crippen LogP contribution in [0.15, 0.2) is 12.1 Å². The second kappa shape index (κ2) is 3.86. The molecule has 0 saturated heterocycles. The number of hydrogen-bond donors (Lipinski definition) is 2. The average molecular weight is 182 g/mol. The first-order chi connectivity index (χ1) is 6.19. The van der Waals surface area contributed by atoms with Gasteiger partial charge in [0.2, 0.25) is 5.88 Å². The van der Waals surface area contributed by atoms with Crippen molar-refractivity contribution in [1.82, 2.24) is 4.98 Å². The topological polar surface area (TPSA) is 85.4 Å². The van der Waals surface area contributed by atoms with Gasteiger partial charge < -0.3 is 15.6 Å². The Bertz CT molecular complexity index is 325. The number of nitrogens with zero attached hydrogens (tertiary/aromatic N) is 1. The molecule has 5 nitrogen and oxygen atoms in total. The van der Waals surface area contributed by atoms with Gasteiger partial charge in [-0.3, -0.25) is 0 Å². The van der Waals surface area contributed by atoms with Gasteiger partial charge >= 0.3 is 5.97 Å². The van der Waals surface area contributed by atoms with Crippen LogP contribution in [-0.2, 0) is 6.54 Å². The Morgan fingerprint density at radius 3 is 2.85 bits per heavy atom. The number of nitrogens with two attached hydrogens (primary N) is 1. The number of aromatic carboxylic acids is 1. The number of aromatic nitrogens is 1. The van der Waals surface area contributed by atoms with E-state index in [2.05, 4.69) is 4.98 Å². The van der Waals surface area contributed by atoms with Crippen molar-refractivity contribution in [2.75, 3.05) is 7.11 Å². The van der Waals surface area contributed by atoms with Gasteiger partial charge in [0.1, 0.15) is 0 Å². The van der Waals surface area contributed by atoms with Crippen molar-refractivity contribution in [2.45, 2.75) is 6.54 Å². The molecule has 0 unspecified atom stereocenters. The number of rotatable bonds is 3. The Balaban J connectivity index is 3.13. The summed E-state index contributed by atoms with van der Waals surface area (Å²) >= 11 is 0. The summed E-state index contributed by atoms with van der Waals surface area (Å²) in [7, 11) is 1.42. The van der Waals surface area contributed by atoms with E-state index < -0.39 is 5.97 Å². The molecule has 0 fully saturated rings. The highest BCUT2D eigenvalue weighted by molar-refractivity contribution is 5.85. The number of carboxylic acids is 1. The van der Waals surface area contributed by atoms with Crippen LogP contribution in [0.2, 0.25) is 0 Å². The third-order valence-electron chi connectivity index (χ3n) is 1.57. The van der Waals surface area contributed by atoms with Crippen molar-refractivity contribution in [2.24, 2.45) is 5.73 Å². The number of methoxy groups -OCH3 is 1. The van der Waals surface area contributed by atoms with E-state index in [4.69, 9.17) is 15.6 Å². The monoisotopic (exact) mass is 182 g/mol. The Kier molecular flexibility index (Phi) is 2.81. The van der Waals surface area contributed by atoms with E-state index in [1.54, 1.807) is 6.07 Å². The molecule has 1 aromatic rings. The van der Waals surface area contributed by atoms with Crippen molar-refractivity contribution in [3.63, 3.8) is 0 Å². The van der Waals surface area contributed by atoms with Crippen LogP contribution in [0.5, 0.6) is 5.88 Å². The van der Waals surface area contributed by atoms with Gasteiger partial charge in [0.05, 0.1) is 7.11 Å². The number of hydrogen-bond acceptors (Lipinski definition) is 4. The molecule has 0 saturated carbocycles. The fraction of sp³-hybridized carbons (Fsp3) is 0.250. The second-order valence-corrected chi connectivity index (χ2v) is 2.37. The molecule has 5 heteroatoms. The standard InChI is InChI=1S/C8H10N2O3/c1-13-7-5(4-9)2-3-6(10-7)8(11)12/h2-3H,4,9H2,1H3,(H,11,12). The molecular formula is C8H10N2O3. The van der Waals surface area contributed by atoms with E-state index in [0.717, 1.165) is 0 Å². The molecule has 0 aliphatic rings. The molecule has 1 aromatic heterocycles. The quantitative estimate of drug-likeness (QED) is 0.699. The van der Waals surface area contributed by atoms with E-state index in [1.165, 1.54) is 13.2 Å². The smallest absolute Gasteiger partial charge is 0.354 e. The van der Waals surface area contributed by atoms with E-state index in [1.807, 2.05) is 0 Å². The summed E-state index contributed by atoms with van der Waals surface area (Å²) in [4.78, 5) is 14.3. The molecule has 0 radical (unpaired) electrons. The highest BCUT2D eigenvalue weighted by Gasteiger charge is 2.09. The minimum absolute atomic E-state index is 0.0472. The van der Waals surface area contributed by atoms with Crippen molar-refractivity contribution in [3.05, 3.63) is 23.4 Å². The van der Waals surface area contributed by atoms with Gasteiger partial charge in [0, 0.05) is 12.1 Å². The van der Waals surface area contributed by atoms with Crippen LogP contribution in [0, 0.1) is 0 Å². The highest BCUT2D eigenvalue weighted by Crippen LogP contribution is 2.14. The number of carbonyl (C=O) groups is 1. The summed E-state index contributed by atoms with van der Waals surface area (Å²) in [5, 5.41) is 8.62. The molecule has 0 bridgehead atoms. The van der Waals surface area contributed by atoms with Crippen molar-refractivity contribution in [3.8, 4) is 5.88 Å². The van der Waals surface area contributed by atoms with Crippen LogP contribution in [-0.4, -0.2) is 23.2 Å². The van der Waals surface area contributed by atoms with Crippen LogP contribution in [0.4, 0.5) is 0 Å². The Labute approximate surface area is 75.2 Å². The first kappa shape index (κ1) is 9.47. The predicted molar refractivity (Wildman–Crippen MR) is 45.6 cm³/mol. The number of pyridine rings is 1. The summed E-state index contributed by atoms with van der Waals surface area (Å²) in [5.74, 6) is -0.815. The number of ether oxygens (including phenoxy) is 1. The van der Waals surface area contributed by atoms with E-state index in [9.17, 15) is 4.79 Å². The molecule has 1 heterocycles.